The number of likely N-dealkylation sites (N-methyl/N-ethyl adjacent to an activating group) is 1. The lowest BCUT2D eigenvalue weighted by Crippen LogP contribution is -2.47. The highest BCUT2D eigenvalue weighted by molar-refractivity contribution is 6.12. The zero-order valence-electron chi connectivity index (χ0n) is 77.7. The minimum atomic E-state index is -0.716. The molecule has 1 aliphatic heterocycles. The Morgan fingerprint density at radius 2 is 0.860 bits per heavy atom. The van der Waals surface area contributed by atoms with Crippen molar-refractivity contribution in [2.75, 3.05) is 28.4 Å². The summed E-state index contributed by atoms with van der Waals surface area (Å²) in [6, 6.07) is 26.7. The maximum Gasteiger partial charge on any atom is 0.333 e. The second-order valence-corrected chi connectivity index (χ2v) is 23.4. The smallest absolute Gasteiger partial charge is 0.333 e. The van der Waals surface area contributed by atoms with E-state index in [9.17, 15) is 81.5 Å². The maximum absolute atomic E-state index is 10.9. The van der Waals surface area contributed by atoms with Crippen molar-refractivity contribution in [1.29, 1.82) is 0 Å². The van der Waals surface area contributed by atoms with Gasteiger partial charge in [0.15, 0.2) is 28.9 Å². The molecule has 0 bridgehead atoms. The van der Waals surface area contributed by atoms with Gasteiger partial charge in [0.25, 0.3) is 11.8 Å². The largest absolute Gasteiger partial charge is 0.469 e. The van der Waals surface area contributed by atoms with Crippen LogP contribution in [0.25, 0.3) is 0 Å². The van der Waals surface area contributed by atoms with Crippen molar-refractivity contribution in [3.05, 3.63) is 273 Å². The van der Waals surface area contributed by atoms with Gasteiger partial charge < -0.3 is 35.0 Å². The fourth-order valence-corrected chi connectivity index (χ4v) is 5.86. The number of amides is 7. The van der Waals surface area contributed by atoms with Gasteiger partial charge in [-0.15, -0.1) is 51.8 Å². The van der Waals surface area contributed by atoms with Crippen molar-refractivity contribution in [3.8, 4) is 0 Å². The lowest BCUT2D eigenvalue weighted by atomic mass is 9.94. The van der Waals surface area contributed by atoms with Gasteiger partial charge in [-0.3, -0.25) is 83.1 Å². The van der Waals surface area contributed by atoms with Crippen molar-refractivity contribution in [2.24, 2.45) is 0 Å². The van der Waals surface area contributed by atoms with Crippen LogP contribution in [0.4, 0.5) is 0 Å². The van der Waals surface area contributed by atoms with Gasteiger partial charge >= 0.3 is 17.9 Å². The van der Waals surface area contributed by atoms with E-state index in [0.29, 0.717) is 5.70 Å². The molecule has 0 aromatic heterocycles. The summed E-state index contributed by atoms with van der Waals surface area (Å²) in [7, 11) is 5.24. The molecule has 0 atom stereocenters. The normalized spacial score (nSPS) is 8.89. The number of carbonyl (C=O) groups is 17. The molecule has 0 aliphatic carbocycles. The van der Waals surface area contributed by atoms with E-state index in [1.165, 1.54) is 122 Å². The number of benzene rings is 3. The summed E-state index contributed by atoms with van der Waals surface area (Å²) >= 11 is 0. The Labute approximate surface area is 723 Å². The molecule has 1 heterocycles. The van der Waals surface area contributed by atoms with Crippen LogP contribution in [0.5, 0.6) is 0 Å². The number of aryl methyl sites for hydroxylation is 1. The van der Waals surface area contributed by atoms with E-state index < -0.39 is 23.4 Å². The summed E-state index contributed by atoms with van der Waals surface area (Å²) in [6.45, 7) is 77.3. The van der Waals surface area contributed by atoms with Crippen LogP contribution >= 0.6 is 0 Å². The first-order valence-corrected chi connectivity index (χ1v) is 37.0. The van der Waals surface area contributed by atoms with Crippen molar-refractivity contribution in [1.82, 2.24) is 26.2 Å². The number of hydrogen-bond acceptors (Lipinski definition) is 20. The number of nitrogens with one attached hydrogen (secondary N) is 4. The van der Waals surface area contributed by atoms with Crippen LogP contribution < -0.4 is 21.3 Å². The van der Waals surface area contributed by atoms with E-state index in [-0.39, 0.29) is 111 Å². The average molecular weight is 1680 g/mol. The highest BCUT2D eigenvalue weighted by Crippen LogP contribution is 2.19. The number of methoxy groups -OCH3 is 3. The second-order valence-electron chi connectivity index (χ2n) is 23.4. The Morgan fingerprint density at radius 3 is 1.11 bits per heavy atom. The fourth-order valence-electron chi connectivity index (χ4n) is 5.86. The number of rotatable bonds is 16. The topological polar surface area (TPSA) is 369 Å². The standard InChI is InChI=1S/C12H10NO.C11H15NO.C9H10O.C8H8O.C7H13NO2.2C7H10O3.C6H8O3.C5H5NO2.C4H7NO2.C3H6O.3C3H6.2C2H6.2C2H4/c1-4-6-7-8-10-12(9-5-2)13-11(3)14;1-9(13)12-11(2,3)10-7-5-4-6-8-10;1-7-3-5-9(6-4-7)8(2)10;1-7(9)8-5-3-2-4-6-8;1-5(9)7(3,4)8-6(2)10;1-5(6(2)8)4-7(9)10-3;1-5(4-6(2)8)7(9)10-3;1-5(7)3-4-6(8)9-2;1-6-4(7)2-3-5(6)8;1-3(6)5-4(2)7;1-3(2)4;3*1-3-2;4*1-2/h1,5,9H,2-3H3,(H,13,14);4-8H,1-3H3,(H,12,13);3-6H,1-2H3;2-6H,1H3;1-4H3,(H,8,10);2*1,4H2,2-3H3;3-4H,1-2H3;2-3H,1H3;1-2H3,(H,5,6,7);1-2H3;3*3H,1H2,2H3;2*1-2H3;2*1-2H2/q-1;;;;;;;;;;;;;;;;;/b;;;;;;;4-3-;;;;;;;;;;. The highest BCUT2D eigenvalue weighted by atomic mass is 16.5. The molecule has 3 aromatic carbocycles. The summed E-state index contributed by atoms with van der Waals surface area (Å²) in [4.78, 5) is 178. The summed E-state index contributed by atoms with van der Waals surface area (Å²) in [5.41, 5.74) is 16.0. The second kappa shape index (κ2) is 97.1. The van der Waals surface area contributed by atoms with Crippen molar-refractivity contribution in [2.45, 2.75) is 204 Å². The van der Waals surface area contributed by atoms with Crippen LogP contribution in [0, 0.1) is 13.5 Å². The summed E-state index contributed by atoms with van der Waals surface area (Å²) in [6.07, 6.45) is 13.5. The number of allylic oxidation sites excluding steroid dienone is 6. The van der Waals surface area contributed by atoms with Crippen LogP contribution in [0.1, 0.15) is 218 Å². The Bertz CT molecular complexity index is 3880. The number of imide groups is 2. The number of esters is 3. The molecular formula is C96H140N5O20-. The predicted molar refractivity (Wildman–Crippen MR) is 489 cm³/mol. The van der Waals surface area contributed by atoms with Gasteiger partial charge in [0.05, 0.1) is 44.5 Å². The molecule has 0 radical (unpaired) electrons. The van der Waals surface area contributed by atoms with Crippen LogP contribution in [-0.4, -0.2) is 139 Å². The van der Waals surface area contributed by atoms with Gasteiger partial charge in [-0.05, 0) is 152 Å². The van der Waals surface area contributed by atoms with Gasteiger partial charge in [-0.25, -0.2) is 21.9 Å². The summed E-state index contributed by atoms with van der Waals surface area (Å²) in [5.74, 6) is -2.98. The van der Waals surface area contributed by atoms with E-state index in [1.54, 1.807) is 58.1 Å². The Morgan fingerprint density at radius 1 is 0.488 bits per heavy atom. The minimum absolute atomic E-state index is 0.00569. The molecule has 0 spiro atoms. The molecule has 1 aliphatic rings. The summed E-state index contributed by atoms with van der Waals surface area (Å²) in [5, 5.41) is 10.0. The Hall–Kier alpha value is -13.5. The molecule has 0 saturated carbocycles. The zero-order chi connectivity index (χ0) is 98.6. The third kappa shape index (κ3) is 117. The first-order valence-electron chi connectivity index (χ1n) is 37.0. The van der Waals surface area contributed by atoms with E-state index in [2.05, 4.69) is 118 Å². The average Bonchev–Trinajstić information content (AvgIpc) is 1.68. The highest BCUT2D eigenvalue weighted by Gasteiger charge is 2.24. The van der Waals surface area contributed by atoms with Crippen LogP contribution in [0.3, 0.4) is 0 Å². The minimum Gasteiger partial charge on any atom is -0.469 e. The molecular weight excluding hydrogens is 1540 g/mol. The molecule has 670 valence electrons. The van der Waals surface area contributed by atoms with Gasteiger partial charge in [-0.2, -0.15) is 0 Å². The number of carbonyl (C=O) groups excluding carboxylic acids is 17. The van der Waals surface area contributed by atoms with Crippen molar-refractivity contribution < 1.29 is 95.7 Å². The van der Waals surface area contributed by atoms with Gasteiger partial charge in [0.1, 0.15) is 11.6 Å². The zero-order valence-corrected chi connectivity index (χ0v) is 77.7. The lowest BCUT2D eigenvalue weighted by Gasteiger charge is -2.26. The number of hydrogen-bond donors (Lipinski definition) is 4. The molecule has 3 aromatic rings. The summed E-state index contributed by atoms with van der Waals surface area (Å²) < 4.78 is 12.9. The first-order chi connectivity index (χ1) is 56.2. The van der Waals surface area contributed by atoms with Gasteiger partial charge in [0, 0.05) is 83.0 Å². The lowest BCUT2D eigenvalue weighted by molar-refractivity contribution is -0.140. The van der Waals surface area contributed by atoms with Crippen LogP contribution in [0.2, 0.25) is 0 Å². The van der Waals surface area contributed by atoms with E-state index >= 15 is 0 Å². The first kappa shape index (κ1) is 139. The van der Waals surface area contributed by atoms with Crippen molar-refractivity contribution in [3.63, 3.8) is 0 Å². The van der Waals surface area contributed by atoms with Crippen LogP contribution in [-0.2, 0) is 91.7 Å². The van der Waals surface area contributed by atoms with Gasteiger partial charge in [0.2, 0.25) is 29.5 Å². The monoisotopic (exact) mass is 1680 g/mol. The Balaban J connectivity index is -0.0000000856. The van der Waals surface area contributed by atoms with E-state index in [4.69, 9.17) is 6.58 Å². The molecule has 4 rings (SSSR count). The molecule has 0 saturated heterocycles. The molecule has 0 fully saturated rings. The third-order valence-corrected chi connectivity index (χ3v) is 11.1. The van der Waals surface area contributed by atoms with Crippen LogP contribution in [0.15, 0.2) is 244 Å². The predicted octanol–water partition coefficient (Wildman–Crippen LogP) is 17.2. The number of Topliss-reactive ketones (excluding diaryl/α,β-unsaturated/α-hetero) is 6. The quantitative estimate of drug-likeness (QED) is 0.0119. The number of ether oxygens (including phenoxy) is 3. The SMILES string of the molecule is C=C.C=C.C=C(CC(=O)OC)C(C)=O.C=C(CC(C)=O)C(=O)OC.C=CC.C=CC.C=CC.CC.CC.CC(=O)NC(C)(C)C(C)=O.CC(=O)NC(C)(C)c1ccccc1.CC(=O)NC(C)=O.CC(=O)c1ccc(C)cc1.CC(=O)c1ccccc1.CC(C)=O.CN1C(=O)C=CC1=O.COC(=O)/C=C\C(C)=O.[CH-]=C=C=C=C=C=C(C=CC)NC(C)=O. The number of nitrogens with zero attached hydrogens (tertiary/aromatic N) is 1. The molecule has 25 nitrogen and oxygen atoms in total. The molecule has 0 unspecified atom stereocenters. The van der Waals surface area contributed by atoms with Gasteiger partial charge in [-0.1, -0.05) is 156 Å². The van der Waals surface area contributed by atoms with E-state index in [0.717, 1.165) is 33.7 Å². The Kier molecular flexibility index (Phi) is 112. The number of ketones is 7. The molecule has 4 N–H and O–H groups in total. The molecule has 25 heteroatoms. The maximum atomic E-state index is 10.9. The van der Waals surface area contributed by atoms with E-state index in [1.807, 2.05) is 166 Å². The molecule has 121 heavy (non-hydrogen) atoms. The fraction of sp³-hybridized carbons (Fsp3) is 0.354. The third-order valence-electron chi connectivity index (χ3n) is 11.1. The molecule has 7 amide bonds. The van der Waals surface area contributed by atoms with Crippen molar-refractivity contribution >= 4 is 99.7 Å².